The van der Waals surface area contributed by atoms with E-state index < -0.39 is 0 Å². The van der Waals surface area contributed by atoms with Crippen LogP contribution in [0.3, 0.4) is 0 Å². The number of ether oxygens (including phenoxy) is 1. The molecule has 0 saturated heterocycles. The quantitative estimate of drug-likeness (QED) is 0.540. The summed E-state index contributed by atoms with van der Waals surface area (Å²) in [6.45, 7) is 0. The lowest BCUT2D eigenvalue weighted by atomic mass is 10.0. The molecule has 0 N–H and O–H groups in total. The van der Waals surface area contributed by atoms with Gasteiger partial charge < -0.3 is 4.74 Å². The summed E-state index contributed by atoms with van der Waals surface area (Å²) in [6.07, 6.45) is 7.53. The van der Waals surface area contributed by atoms with Crippen molar-refractivity contribution in [1.82, 2.24) is 0 Å². The van der Waals surface area contributed by atoms with Crippen LogP contribution in [0, 0.1) is 5.92 Å². The topological polar surface area (TPSA) is 9.23 Å². The maximum Gasteiger partial charge on any atom is 0.114 e. The minimum Gasteiger partial charge on any atom is -0.497 e. The first-order chi connectivity index (χ1) is 4.86. The van der Waals surface area contributed by atoms with Crippen molar-refractivity contribution in [2.24, 2.45) is 5.92 Å². The molecule has 1 atom stereocenters. The van der Waals surface area contributed by atoms with Gasteiger partial charge in [0.1, 0.15) is 5.76 Å². The molecule has 0 radical (unpaired) electrons. The van der Waals surface area contributed by atoms with Crippen LogP contribution in [0.1, 0.15) is 6.42 Å². The lowest BCUT2D eigenvalue weighted by Gasteiger charge is -2.11. The summed E-state index contributed by atoms with van der Waals surface area (Å²) in [5.41, 5.74) is 0. The average molecular weight is 250 g/mol. The van der Waals surface area contributed by atoms with Crippen molar-refractivity contribution in [3.63, 3.8) is 0 Å². The highest BCUT2D eigenvalue weighted by atomic mass is 127. The third-order valence-electron chi connectivity index (χ3n) is 1.59. The standard InChI is InChI=1S/C8H11IO/c1-10-8-4-2-7(6-9)3-5-8/h2,4-5,7H,3,6H2,1H3. The molecule has 0 aliphatic heterocycles. The van der Waals surface area contributed by atoms with Crippen LogP contribution in [0.5, 0.6) is 0 Å². The van der Waals surface area contributed by atoms with Crippen molar-refractivity contribution >= 4 is 22.6 Å². The first-order valence-corrected chi connectivity index (χ1v) is 4.87. The predicted octanol–water partition coefficient (Wildman–Crippen LogP) is 2.53. The second-order valence-corrected chi connectivity index (χ2v) is 3.20. The molecule has 0 spiro atoms. The van der Waals surface area contributed by atoms with Crippen LogP contribution in [0.25, 0.3) is 0 Å². The summed E-state index contributed by atoms with van der Waals surface area (Å²) >= 11 is 2.40. The summed E-state index contributed by atoms with van der Waals surface area (Å²) in [5, 5.41) is 0. The molecule has 0 bridgehead atoms. The summed E-state index contributed by atoms with van der Waals surface area (Å²) < 4.78 is 6.25. The Morgan fingerprint density at radius 3 is 3.00 bits per heavy atom. The molecule has 0 fully saturated rings. The van der Waals surface area contributed by atoms with Crippen LogP contribution in [0.4, 0.5) is 0 Å². The third kappa shape index (κ3) is 2.01. The Morgan fingerprint density at radius 1 is 1.80 bits per heavy atom. The van der Waals surface area contributed by atoms with Gasteiger partial charge in [-0.25, -0.2) is 0 Å². The molecule has 1 aliphatic rings. The van der Waals surface area contributed by atoms with Crippen LogP contribution >= 0.6 is 22.6 Å². The first-order valence-electron chi connectivity index (χ1n) is 3.35. The molecule has 1 aliphatic carbocycles. The molecular weight excluding hydrogens is 239 g/mol. The van der Waals surface area contributed by atoms with Crippen LogP contribution < -0.4 is 0 Å². The van der Waals surface area contributed by atoms with Crippen molar-refractivity contribution in [2.75, 3.05) is 11.5 Å². The van der Waals surface area contributed by atoms with Crippen molar-refractivity contribution in [3.05, 3.63) is 24.0 Å². The lowest BCUT2D eigenvalue weighted by Crippen LogP contribution is -2.01. The van der Waals surface area contributed by atoms with Gasteiger partial charge in [-0.15, -0.1) is 0 Å². The van der Waals surface area contributed by atoms with Gasteiger partial charge in [-0.1, -0.05) is 28.7 Å². The Morgan fingerprint density at radius 2 is 2.60 bits per heavy atom. The number of halogens is 1. The van der Waals surface area contributed by atoms with E-state index in [1.54, 1.807) is 7.11 Å². The maximum atomic E-state index is 5.06. The molecule has 0 amide bonds. The molecule has 56 valence electrons. The number of rotatable bonds is 2. The van der Waals surface area contributed by atoms with Gasteiger partial charge in [0.2, 0.25) is 0 Å². The lowest BCUT2D eigenvalue weighted by molar-refractivity contribution is 0.302. The fraction of sp³-hybridized carbons (Fsp3) is 0.500. The van der Waals surface area contributed by atoms with Gasteiger partial charge >= 0.3 is 0 Å². The van der Waals surface area contributed by atoms with E-state index in [2.05, 4.69) is 34.7 Å². The van der Waals surface area contributed by atoms with Crippen LogP contribution in [0.2, 0.25) is 0 Å². The van der Waals surface area contributed by atoms with E-state index in [9.17, 15) is 0 Å². The minimum atomic E-state index is 0.722. The van der Waals surface area contributed by atoms with Gasteiger partial charge in [-0.05, 0) is 24.5 Å². The highest BCUT2D eigenvalue weighted by Gasteiger charge is 2.05. The zero-order chi connectivity index (χ0) is 7.40. The first kappa shape index (κ1) is 8.11. The van der Waals surface area contributed by atoms with Crippen LogP contribution in [0.15, 0.2) is 24.0 Å². The molecule has 0 aromatic carbocycles. The van der Waals surface area contributed by atoms with Crippen molar-refractivity contribution < 1.29 is 4.74 Å². The van der Waals surface area contributed by atoms with E-state index in [1.807, 2.05) is 6.08 Å². The van der Waals surface area contributed by atoms with Gasteiger partial charge in [-0.2, -0.15) is 0 Å². The summed E-state index contributed by atoms with van der Waals surface area (Å²) in [7, 11) is 1.71. The Hall–Kier alpha value is 0.01000. The van der Waals surface area contributed by atoms with Gasteiger partial charge in [0.15, 0.2) is 0 Å². The second kappa shape index (κ2) is 4.01. The van der Waals surface area contributed by atoms with E-state index in [0.717, 1.165) is 18.1 Å². The Labute approximate surface area is 75.3 Å². The molecule has 0 aromatic heterocycles. The molecule has 0 aromatic rings. The SMILES string of the molecule is COC1=CCC(CI)C=C1. The molecule has 10 heavy (non-hydrogen) atoms. The number of methoxy groups -OCH3 is 1. The van der Waals surface area contributed by atoms with E-state index in [4.69, 9.17) is 4.74 Å². The van der Waals surface area contributed by atoms with Gasteiger partial charge in [0.25, 0.3) is 0 Å². The summed E-state index contributed by atoms with van der Waals surface area (Å²) in [5.74, 6) is 1.72. The zero-order valence-electron chi connectivity index (χ0n) is 6.01. The number of hydrogen-bond donors (Lipinski definition) is 0. The summed E-state index contributed by atoms with van der Waals surface area (Å²) in [6, 6.07) is 0. The Bertz CT molecular complexity index is 161. The van der Waals surface area contributed by atoms with E-state index >= 15 is 0 Å². The zero-order valence-corrected chi connectivity index (χ0v) is 8.17. The molecule has 1 unspecified atom stereocenters. The molecule has 1 rings (SSSR count). The van der Waals surface area contributed by atoms with Crippen molar-refractivity contribution in [3.8, 4) is 0 Å². The maximum absolute atomic E-state index is 5.06. The minimum absolute atomic E-state index is 0.722. The number of hydrogen-bond acceptors (Lipinski definition) is 1. The number of allylic oxidation sites excluding steroid dienone is 3. The van der Waals surface area contributed by atoms with Crippen molar-refractivity contribution in [1.29, 1.82) is 0 Å². The van der Waals surface area contributed by atoms with E-state index in [0.29, 0.717) is 0 Å². The monoisotopic (exact) mass is 250 g/mol. The van der Waals surface area contributed by atoms with Gasteiger partial charge in [-0.3, -0.25) is 0 Å². The highest BCUT2D eigenvalue weighted by Crippen LogP contribution is 2.18. The molecule has 0 heterocycles. The molecule has 1 nitrogen and oxygen atoms in total. The number of alkyl halides is 1. The second-order valence-electron chi connectivity index (χ2n) is 2.32. The van der Waals surface area contributed by atoms with E-state index in [-0.39, 0.29) is 0 Å². The third-order valence-corrected chi connectivity index (χ3v) is 2.72. The summed E-state index contributed by atoms with van der Waals surface area (Å²) in [4.78, 5) is 0. The smallest absolute Gasteiger partial charge is 0.114 e. The largest absolute Gasteiger partial charge is 0.497 e. The average Bonchev–Trinajstić information content (AvgIpc) is 2.05. The van der Waals surface area contributed by atoms with Gasteiger partial charge in [0, 0.05) is 4.43 Å². The highest BCUT2D eigenvalue weighted by molar-refractivity contribution is 14.1. The van der Waals surface area contributed by atoms with Gasteiger partial charge in [0.05, 0.1) is 7.11 Å². The normalized spacial score (nSPS) is 24.2. The molecule has 2 heteroatoms. The fourth-order valence-corrected chi connectivity index (χ4v) is 1.56. The van der Waals surface area contributed by atoms with Crippen LogP contribution in [-0.4, -0.2) is 11.5 Å². The van der Waals surface area contributed by atoms with Crippen molar-refractivity contribution in [2.45, 2.75) is 6.42 Å². The fourth-order valence-electron chi connectivity index (χ4n) is 0.911. The predicted molar refractivity (Wildman–Crippen MR) is 51.2 cm³/mol. The van der Waals surface area contributed by atoms with Crippen LogP contribution in [-0.2, 0) is 4.74 Å². The van der Waals surface area contributed by atoms with E-state index in [1.165, 1.54) is 4.43 Å². The Balaban J connectivity index is 2.46. The Kier molecular flexibility index (Phi) is 3.25. The molecular formula is C8H11IO. The molecule has 0 saturated carbocycles.